The van der Waals surface area contributed by atoms with Crippen molar-refractivity contribution in [2.45, 2.75) is 26.4 Å². The fraction of sp³-hybridized carbons (Fsp3) is 0.238. The van der Waals surface area contributed by atoms with E-state index in [0.29, 0.717) is 6.54 Å². The lowest BCUT2D eigenvalue weighted by molar-refractivity contribution is -0.130. The highest BCUT2D eigenvalue weighted by Gasteiger charge is 2.17. The van der Waals surface area contributed by atoms with Crippen LogP contribution >= 0.6 is 11.3 Å². The number of hydrogen-bond donors (Lipinski definition) is 1. The van der Waals surface area contributed by atoms with E-state index >= 15 is 0 Å². The summed E-state index contributed by atoms with van der Waals surface area (Å²) in [5, 5.41) is 6.41. The van der Waals surface area contributed by atoms with Gasteiger partial charge in [0.25, 0.3) is 0 Å². The molecule has 5 heteroatoms. The van der Waals surface area contributed by atoms with Gasteiger partial charge in [-0.1, -0.05) is 42.5 Å². The predicted octanol–water partition coefficient (Wildman–Crippen LogP) is 4.58. The number of benzene rings is 2. The van der Waals surface area contributed by atoms with Gasteiger partial charge in [-0.2, -0.15) is 0 Å². The summed E-state index contributed by atoms with van der Waals surface area (Å²) >= 11 is 1.64. The Morgan fingerprint density at radius 3 is 2.65 bits per heavy atom. The molecule has 0 radical (unpaired) electrons. The number of aromatic nitrogens is 1. The largest absolute Gasteiger partial charge is 0.374 e. The van der Waals surface area contributed by atoms with E-state index in [1.54, 1.807) is 16.2 Å². The van der Waals surface area contributed by atoms with Gasteiger partial charge in [-0.15, -0.1) is 11.3 Å². The Bertz CT molecular complexity index is 876. The third-order valence-corrected chi connectivity index (χ3v) is 4.94. The Hall–Kier alpha value is -2.66. The van der Waals surface area contributed by atoms with E-state index < -0.39 is 0 Å². The van der Waals surface area contributed by atoms with Crippen molar-refractivity contribution in [3.63, 3.8) is 0 Å². The third kappa shape index (κ3) is 4.49. The SMILES string of the molecule is Cc1nc(-c2cccc(N[C@@H](C)C(=O)N(C)Cc3ccccc3)c2)cs1. The predicted molar refractivity (Wildman–Crippen MR) is 108 cm³/mol. The van der Waals surface area contributed by atoms with Crippen molar-refractivity contribution in [2.24, 2.45) is 0 Å². The quantitative estimate of drug-likeness (QED) is 0.695. The summed E-state index contributed by atoms with van der Waals surface area (Å²) < 4.78 is 0. The molecule has 26 heavy (non-hydrogen) atoms. The molecule has 3 aromatic rings. The van der Waals surface area contributed by atoms with Crippen molar-refractivity contribution in [3.05, 3.63) is 70.5 Å². The summed E-state index contributed by atoms with van der Waals surface area (Å²) in [6.45, 7) is 4.49. The van der Waals surface area contributed by atoms with Crippen LogP contribution in [0.4, 0.5) is 5.69 Å². The van der Waals surface area contributed by atoms with E-state index in [-0.39, 0.29) is 11.9 Å². The number of carbonyl (C=O) groups excluding carboxylic acids is 1. The van der Waals surface area contributed by atoms with Crippen molar-refractivity contribution in [3.8, 4) is 11.3 Å². The lowest BCUT2D eigenvalue weighted by Crippen LogP contribution is -2.38. The lowest BCUT2D eigenvalue weighted by Gasteiger charge is -2.23. The number of hydrogen-bond acceptors (Lipinski definition) is 4. The molecule has 0 saturated heterocycles. The number of thiazole rings is 1. The Morgan fingerprint density at radius 1 is 1.19 bits per heavy atom. The van der Waals surface area contributed by atoms with Gasteiger partial charge >= 0.3 is 0 Å². The fourth-order valence-electron chi connectivity index (χ4n) is 2.84. The van der Waals surface area contributed by atoms with Crippen LogP contribution in [0.5, 0.6) is 0 Å². The minimum atomic E-state index is -0.309. The normalized spacial score (nSPS) is 11.8. The van der Waals surface area contributed by atoms with Crippen LogP contribution in [0.3, 0.4) is 0 Å². The van der Waals surface area contributed by atoms with Crippen LogP contribution in [0.25, 0.3) is 11.3 Å². The monoisotopic (exact) mass is 365 g/mol. The molecule has 2 aromatic carbocycles. The van der Waals surface area contributed by atoms with Crippen LogP contribution in [0.1, 0.15) is 17.5 Å². The van der Waals surface area contributed by atoms with E-state index in [1.165, 1.54) is 0 Å². The minimum Gasteiger partial charge on any atom is -0.374 e. The zero-order valence-electron chi connectivity index (χ0n) is 15.3. The molecular weight excluding hydrogens is 342 g/mol. The molecule has 0 fully saturated rings. The molecule has 1 aromatic heterocycles. The molecule has 0 aliphatic rings. The zero-order chi connectivity index (χ0) is 18.5. The van der Waals surface area contributed by atoms with Crippen LogP contribution in [-0.4, -0.2) is 28.9 Å². The molecule has 1 heterocycles. The van der Waals surface area contributed by atoms with Crippen molar-refractivity contribution in [1.82, 2.24) is 9.88 Å². The highest BCUT2D eigenvalue weighted by molar-refractivity contribution is 7.09. The molecule has 0 unspecified atom stereocenters. The molecule has 1 atom stereocenters. The number of carbonyl (C=O) groups is 1. The second kappa shape index (κ2) is 8.15. The summed E-state index contributed by atoms with van der Waals surface area (Å²) in [7, 11) is 1.84. The second-order valence-corrected chi connectivity index (χ2v) is 7.44. The van der Waals surface area contributed by atoms with Crippen LogP contribution in [0.2, 0.25) is 0 Å². The average molecular weight is 366 g/mol. The van der Waals surface area contributed by atoms with Gasteiger partial charge in [0.05, 0.1) is 10.7 Å². The molecule has 0 aliphatic heterocycles. The van der Waals surface area contributed by atoms with Crippen molar-refractivity contribution < 1.29 is 4.79 Å². The first-order valence-corrected chi connectivity index (χ1v) is 9.49. The van der Waals surface area contributed by atoms with E-state index in [9.17, 15) is 4.79 Å². The van der Waals surface area contributed by atoms with E-state index in [1.807, 2.05) is 75.5 Å². The van der Waals surface area contributed by atoms with Crippen LogP contribution < -0.4 is 5.32 Å². The summed E-state index contributed by atoms with van der Waals surface area (Å²) in [5.74, 6) is 0.0590. The van der Waals surface area contributed by atoms with Gasteiger partial charge in [0, 0.05) is 30.2 Å². The summed E-state index contributed by atoms with van der Waals surface area (Å²) in [5.41, 5.74) is 4.06. The van der Waals surface area contributed by atoms with Gasteiger partial charge in [0.15, 0.2) is 0 Å². The topological polar surface area (TPSA) is 45.2 Å². The first-order chi connectivity index (χ1) is 12.5. The lowest BCUT2D eigenvalue weighted by atomic mass is 10.1. The Morgan fingerprint density at radius 2 is 1.96 bits per heavy atom. The molecule has 3 rings (SSSR count). The molecular formula is C21H23N3OS. The Balaban J connectivity index is 1.65. The Labute approximate surface area is 158 Å². The molecule has 1 N–H and O–H groups in total. The number of anilines is 1. The smallest absolute Gasteiger partial charge is 0.244 e. The summed E-state index contributed by atoms with van der Waals surface area (Å²) in [6, 6.07) is 17.7. The van der Waals surface area contributed by atoms with Crippen LogP contribution in [0, 0.1) is 6.92 Å². The number of amides is 1. The van der Waals surface area contributed by atoms with Crippen molar-refractivity contribution in [2.75, 3.05) is 12.4 Å². The first kappa shape index (κ1) is 18.1. The van der Waals surface area contributed by atoms with Gasteiger partial charge in [-0.3, -0.25) is 4.79 Å². The zero-order valence-corrected chi connectivity index (χ0v) is 16.1. The second-order valence-electron chi connectivity index (χ2n) is 6.38. The number of nitrogens with zero attached hydrogens (tertiary/aromatic N) is 2. The number of likely N-dealkylation sites (N-methyl/N-ethyl adjacent to an activating group) is 1. The van der Waals surface area contributed by atoms with E-state index in [2.05, 4.69) is 15.7 Å². The maximum atomic E-state index is 12.7. The maximum Gasteiger partial charge on any atom is 0.244 e. The Kier molecular flexibility index (Phi) is 5.68. The van der Waals surface area contributed by atoms with Gasteiger partial charge in [-0.25, -0.2) is 4.98 Å². The molecule has 0 saturated carbocycles. The number of rotatable bonds is 6. The summed E-state index contributed by atoms with van der Waals surface area (Å²) in [6.07, 6.45) is 0. The van der Waals surface area contributed by atoms with Gasteiger partial charge < -0.3 is 10.2 Å². The fourth-order valence-corrected chi connectivity index (χ4v) is 3.46. The highest BCUT2D eigenvalue weighted by atomic mass is 32.1. The molecule has 4 nitrogen and oxygen atoms in total. The number of aryl methyl sites for hydroxylation is 1. The van der Waals surface area contributed by atoms with Crippen LogP contribution in [0.15, 0.2) is 60.0 Å². The molecule has 1 amide bonds. The van der Waals surface area contributed by atoms with Gasteiger partial charge in [0.1, 0.15) is 6.04 Å². The third-order valence-electron chi connectivity index (χ3n) is 4.17. The van der Waals surface area contributed by atoms with E-state index in [0.717, 1.165) is 27.5 Å². The number of nitrogens with one attached hydrogen (secondary N) is 1. The van der Waals surface area contributed by atoms with Gasteiger partial charge in [-0.05, 0) is 31.5 Å². The summed E-state index contributed by atoms with van der Waals surface area (Å²) in [4.78, 5) is 18.9. The first-order valence-electron chi connectivity index (χ1n) is 8.61. The minimum absolute atomic E-state index is 0.0590. The molecule has 134 valence electrons. The van der Waals surface area contributed by atoms with E-state index in [4.69, 9.17) is 0 Å². The molecule has 0 aliphatic carbocycles. The average Bonchev–Trinajstić information content (AvgIpc) is 3.08. The van der Waals surface area contributed by atoms with Crippen molar-refractivity contribution in [1.29, 1.82) is 0 Å². The maximum absolute atomic E-state index is 12.7. The highest BCUT2D eigenvalue weighted by Crippen LogP contribution is 2.24. The van der Waals surface area contributed by atoms with Crippen molar-refractivity contribution >= 4 is 22.9 Å². The van der Waals surface area contributed by atoms with Crippen LogP contribution in [-0.2, 0) is 11.3 Å². The standard InChI is InChI=1S/C21H23N3OS/c1-15(21(25)24(3)13-17-8-5-4-6-9-17)22-19-11-7-10-18(12-19)20-14-26-16(2)23-20/h4-12,14-15,22H,13H2,1-3H3/t15-/m0/s1. The molecule has 0 spiro atoms. The van der Waals surface area contributed by atoms with Gasteiger partial charge in [0.2, 0.25) is 5.91 Å². The molecule has 0 bridgehead atoms.